The summed E-state index contributed by atoms with van der Waals surface area (Å²) in [5.41, 5.74) is -1.52. The van der Waals surface area contributed by atoms with E-state index in [9.17, 15) is 0 Å². The van der Waals surface area contributed by atoms with Crippen LogP contribution in [0.1, 0.15) is 57.0 Å². The van der Waals surface area contributed by atoms with E-state index < -0.39 is 49.9 Å². The van der Waals surface area contributed by atoms with Crippen molar-refractivity contribution in [1.29, 1.82) is 0 Å². The van der Waals surface area contributed by atoms with Crippen LogP contribution in [0.4, 0.5) is 0 Å². The summed E-state index contributed by atoms with van der Waals surface area (Å²) in [6, 6.07) is 1.07. The summed E-state index contributed by atoms with van der Waals surface area (Å²) < 4.78 is 77.2. The summed E-state index contributed by atoms with van der Waals surface area (Å²) >= 11 is 0. The maximum atomic E-state index is 7.81. The SMILES string of the molecule is [2H]C([2H])([2H])c1oc(C([2H])([2H])C([2H])([2H])[2H])cc1B1OC(C)(C)C(C)(C)O1. The zero-order valence-electron chi connectivity index (χ0n) is 18.4. The van der Waals surface area contributed by atoms with Crippen molar-refractivity contribution >= 4 is 12.6 Å². The van der Waals surface area contributed by atoms with Crippen molar-refractivity contribution in [3.05, 3.63) is 17.6 Å². The van der Waals surface area contributed by atoms with Crippen LogP contribution in [0.25, 0.3) is 0 Å². The largest absolute Gasteiger partial charge is 0.498 e. The first-order chi connectivity index (χ1) is 10.9. The number of furan rings is 1. The van der Waals surface area contributed by atoms with Crippen LogP contribution < -0.4 is 5.46 Å². The molecule has 1 aromatic rings. The minimum absolute atomic E-state index is 0.0261. The van der Waals surface area contributed by atoms with Gasteiger partial charge in [0.25, 0.3) is 0 Å². The van der Waals surface area contributed by atoms with Gasteiger partial charge in [0, 0.05) is 22.8 Å². The van der Waals surface area contributed by atoms with E-state index in [1.165, 1.54) is 0 Å². The van der Waals surface area contributed by atoms with Gasteiger partial charge in [0.05, 0.1) is 11.2 Å². The molecular formula is C13H21BO3. The van der Waals surface area contributed by atoms with Gasteiger partial charge in [0.15, 0.2) is 0 Å². The van der Waals surface area contributed by atoms with Gasteiger partial charge in [-0.15, -0.1) is 0 Å². The molecule has 4 heteroatoms. The molecule has 0 N–H and O–H groups in total. The lowest BCUT2D eigenvalue weighted by Crippen LogP contribution is -2.41. The topological polar surface area (TPSA) is 31.6 Å². The van der Waals surface area contributed by atoms with Crippen LogP contribution >= 0.6 is 0 Å². The fourth-order valence-electron chi connectivity index (χ4n) is 1.61. The van der Waals surface area contributed by atoms with Crippen LogP contribution in [0, 0.1) is 6.85 Å². The van der Waals surface area contributed by atoms with Crippen LogP contribution in [0.3, 0.4) is 0 Å². The van der Waals surface area contributed by atoms with E-state index in [1.54, 1.807) is 27.7 Å². The Labute approximate surface area is 115 Å². The number of hydrogen-bond acceptors (Lipinski definition) is 3. The summed E-state index contributed by atoms with van der Waals surface area (Å²) in [6.45, 7) is 1.39. The van der Waals surface area contributed by atoms with Crippen LogP contribution in [-0.2, 0) is 15.7 Å². The van der Waals surface area contributed by atoms with Crippen molar-refractivity contribution < 1.29 is 24.7 Å². The van der Waals surface area contributed by atoms with Gasteiger partial charge in [-0.3, -0.25) is 0 Å². The van der Waals surface area contributed by atoms with Gasteiger partial charge >= 0.3 is 7.12 Å². The molecule has 0 atom stereocenters. The van der Waals surface area contributed by atoms with E-state index >= 15 is 0 Å². The first-order valence-electron chi connectivity index (χ1n) is 9.40. The first kappa shape index (κ1) is 5.94. The average Bonchev–Trinajstić information content (AvgIpc) is 2.88. The van der Waals surface area contributed by atoms with Gasteiger partial charge in [-0.1, -0.05) is 6.85 Å². The predicted molar refractivity (Wildman–Crippen MR) is 68.5 cm³/mol. The van der Waals surface area contributed by atoms with E-state index in [0.717, 1.165) is 6.07 Å². The molecule has 94 valence electrons. The van der Waals surface area contributed by atoms with Gasteiger partial charge in [-0.2, -0.15) is 0 Å². The highest BCUT2D eigenvalue weighted by atomic mass is 16.7. The molecule has 0 spiro atoms. The van der Waals surface area contributed by atoms with Crippen LogP contribution in [0.15, 0.2) is 10.5 Å². The predicted octanol–water partition coefficient (Wildman–Crippen LogP) is 2.45. The molecule has 0 unspecified atom stereocenters. The molecule has 0 aromatic carbocycles. The summed E-state index contributed by atoms with van der Waals surface area (Å²) in [4.78, 5) is 0. The number of rotatable bonds is 2. The second kappa shape index (κ2) is 3.89. The highest BCUT2D eigenvalue weighted by Gasteiger charge is 2.52. The van der Waals surface area contributed by atoms with Gasteiger partial charge in [0.1, 0.15) is 11.5 Å². The first-order valence-corrected chi connectivity index (χ1v) is 5.40. The van der Waals surface area contributed by atoms with Crippen molar-refractivity contribution in [2.75, 3.05) is 0 Å². The Bertz CT molecular complexity index is 643. The number of hydrogen-bond donors (Lipinski definition) is 0. The molecule has 1 fully saturated rings. The summed E-state index contributed by atoms with van der Waals surface area (Å²) in [6.07, 6.45) is -2.85. The normalized spacial score (nSPS) is 31.4. The maximum Gasteiger partial charge on any atom is 0.498 e. The van der Waals surface area contributed by atoms with Crippen molar-refractivity contribution in [2.24, 2.45) is 0 Å². The smallest absolute Gasteiger partial charge is 0.467 e. The highest BCUT2D eigenvalue weighted by molar-refractivity contribution is 6.62. The van der Waals surface area contributed by atoms with Gasteiger partial charge in [0.2, 0.25) is 0 Å². The molecule has 0 amide bonds. The lowest BCUT2D eigenvalue weighted by Gasteiger charge is -2.32. The third-order valence-electron chi connectivity index (χ3n) is 3.39. The maximum absolute atomic E-state index is 7.81. The van der Waals surface area contributed by atoms with Gasteiger partial charge in [-0.05, 0) is 40.6 Å². The van der Waals surface area contributed by atoms with E-state index in [-0.39, 0.29) is 5.46 Å². The fourth-order valence-corrected chi connectivity index (χ4v) is 1.61. The molecule has 17 heavy (non-hydrogen) atoms. The van der Waals surface area contributed by atoms with Gasteiger partial charge in [-0.25, -0.2) is 0 Å². The van der Waals surface area contributed by atoms with Crippen molar-refractivity contribution in [1.82, 2.24) is 0 Å². The van der Waals surface area contributed by atoms with Crippen LogP contribution in [0.5, 0.6) is 0 Å². The second-order valence-corrected chi connectivity index (χ2v) is 5.11. The zero-order valence-corrected chi connectivity index (χ0v) is 10.4. The Morgan fingerprint density at radius 3 is 2.47 bits per heavy atom. The van der Waals surface area contributed by atoms with Crippen LogP contribution in [-0.4, -0.2) is 18.3 Å². The molecule has 0 bridgehead atoms. The second-order valence-electron chi connectivity index (χ2n) is 5.11. The Morgan fingerprint density at radius 1 is 1.29 bits per heavy atom. The van der Waals surface area contributed by atoms with Gasteiger partial charge < -0.3 is 13.7 Å². The monoisotopic (exact) mass is 244 g/mol. The lowest BCUT2D eigenvalue weighted by atomic mass is 9.79. The van der Waals surface area contributed by atoms with E-state index in [2.05, 4.69) is 0 Å². The van der Waals surface area contributed by atoms with Crippen molar-refractivity contribution in [3.8, 4) is 0 Å². The fraction of sp³-hybridized carbons (Fsp3) is 0.692. The minimum atomic E-state index is -3.02. The zero-order chi connectivity index (χ0) is 19.6. The quantitative estimate of drug-likeness (QED) is 0.749. The van der Waals surface area contributed by atoms with Crippen molar-refractivity contribution in [2.45, 2.75) is 59.0 Å². The Kier molecular flexibility index (Phi) is 1.36. The molecular weight excluding hydrogens is 215 g/mol. The minimum Gasteiger partial charge on any atom is -0.467 e. The molecule has 3 nitrogen and oxygen atoms in total. The number of aryl methyl sites for hydroxylation is 2. The molecule has 2 rings (SSSR count). The molecule has 0 aliphatic carbocycles. The summed E-state index contributed by atoms with van der Waals surface area (Å²) in [5, 5.41) is 0. The average molecular weight is 244 g/mol. The molecule has 0 saturated carbocycles. The Hall–Kier alpha value is -0.735. The standard InChI is InChI=1S/C13H21BO3/c1-7-10-8-11(9(2)15-10)14-16-12(3,4)13(5,6)17-14/h8H,7H2,1-6H3/i1D3,2D3,7D2. The molecule has 1 aliphatic rings. The van der Waals surface area contributed by atoms with E-state index in [4.69, 9.17) is 24.7 Å². The molecule has 2 heterocycles. The molecule has 1 saturated heterocycles. The third-order valence-corrected chi connectivity index (χ3v) is 3.39. The summed E-state index contributed by atoms with van der Waals surface area (Å²) in [7, 11) is -1.11. The highest BCUT2D eigenvalue weighted by Crippen LogP contribution is 2.36. The van der Waals surface area contributed by atoms with E-state index in [1.807, 2.05) is 0 Å². The lowest BCUT2D eigenvalue weighted by molar-refractivity contribution is 0.00578. The Balaban J connectivity index is 2.56. The van der Waals surface area contributed by atoms with Crippen LogP contribution in [0.2, 0.25) is 0 Å². The molecule has 1 aromatic heterocycles. The molecule has 1 aliphatic heterocycles. The Morgan fingerprint density at radius 2 is 1.94 bits per heavy atom. The summed E-state index contributed by atoms with van der Waals surface area (Å²) in [5.74, 6) is -1.13. The third kappa shape index (κ3) is 2.04. The van der Waals surface area contributed by atoms with E-state index in [0.29, 0.717) is 0 Å². The molecule has 0 radical (unpaired) electrons. The van der Waals surface area contributed by atoms with Crippen molar-refractivity contribution in [3.63, 3.8) is 0 Å².